The fourth-order valence-electron chi connectivity index (χ4n) is 4.26. The summed E-state index contributed by atoms with van der Waals surface area (Å²) in [5.41, 5.74) is 4.50. The van der Waals surface area contributed by atoms with Gasteiger partial charge in [0, 0.05) is 48.8 Å². The standard InChI is InChI=1S/C25H26FN3O2/c1-17-15-22(18(2)29(17)21-7-5-4-6-8-21)25(31)28-13-11-27(12-14-28)24-10-9-20(19(3)30)16-23(24)26/h4-10,15-16H,11-14H2,1-3H3. The Bertz CT molecular complexity index is 1130. The molecule has 0 bridgehead atoms. The highest BCUT2D eigenvalue weighted by atomic mass is 19.1. The molecule has 3 aromatic rings. The van der Waals surface area contributed by atoms with Gasteiger partial charge in [0.05, 0.1) is 11.3 Å². The monoisotopic (exact) mass is 419 g/mol. The zero-order chi connectivity index (χ0) is 22.1. The fourth-order valence-corrected chi connectivity index (χ4v) is 4.26. The van der Waals surface area contributed by atoms with Crippen molar-refractivity contribution in [2.75, 3.05) is 31.1 Å². The largest absolute Gasteiger partial charge is 0.366 e. The number of para-hydroxylation sites is 1. The quantitative estimate of drug-likeness (QED) is 0.589. The lowest BCUT2D eigenvalue weighted by atomic mass is 10.1. The molecule has 0 spiro atoms. The molecule has 2 heterocycles. The van der Waals surface area contributed by atoms with Crippen molar-refractivity contribution in [1.82, 2.24) is 9.47 Å². The molecule has 2 aromatic carbocycles. The average Bonchev–Trinajstić information content (AvgIpc) is 3.07. The Hall–Kier alpha value is -3.41. The van der Waals surface area contributed by atoms with Gasteiger partial charge in [0.1, 0.15) is 5.82 Å². The van der Waals surface area contributed by atoms with E-state index in [-0.39, 0.29) is 11.7 Å². The maximum atomic E-state index is 14.5. The fraction of sp³-hybridized carbons (Fsp3) is 0.280. The van der Waals surface area contributed by atoms with Gasteiger partial charge in [0.15, 0.2) is 5.78 Å². The molecule has 0 aliphatic carbocycles. The third kappa shape index (κ3) is 3.98. The van der Waals surface area contributed by atoms with Gasteiger partial charge >= 0.3 is 0 Å². The van der Waals surface area contributed by atoms with Crippen LogP contribution in [0.4, 0.5) is 10.1 Å². The summed E-state index contributed by atoms with van der Waals surface area (Å²) in [6.07, 6.45) is 0. The number of hydrogen-bond donors (Lipinski definition) is 0. The molecule has 5 nitrogen and oxygen atoms in total. The van der Waals surface area contributed by atoms with Gasteiger partial charge in [-0.2, -0.15) is 0 Å². The van der Waals surface area contributed by atoms with Crippen molar-refractivity contribution in [3.05, 3.63) is 82.9 Å². The summed E-state index contributed by atoms with van der Waals surface area (Å²) < 4.78 is 16.6. The van der Waals surface area contributed by atoms with Crippen molar-refractivity contribution in [2.45, 2.75) is 20.8 Å². The Morgan fingerprint density at radius 1 is 0.903 bits per heavy atom. The van der Waals surface area contributed by atoms with E-state index in [1.165, 1.54) is 13.0 Å². The number of aryl methyl sites for hydroxylation is 1. The van der Waals surface area contributed by atoms with E-state index in [1.54, 1.807) is 12.1 Å². The first-order valence-corrected chi connectivity index (χ1v) is 10.5. The van der Waals surface area contributed by atoms with Crippen molar-refractivity contribution in [3.63, 3.8) is 0 Å². The average molecular weight is 420 g/mol. The van der Waals surface area contributed by atoms with Gasteiger partial charge in [-0.25, -0.2) is 4.39 Å². The first-order valence-electron chi connectivity index (χ1n) is 10.5. The smallest absolute Gasteiger partial charge is 0.255 e. The lowest BCUT2D eigenvalue weighted by Gasteiger charge is -2.36. The van der Waals surface area contributed by atoms with Crippen LogP contribution < -0.4 is 4.90 Å². The van der Waals surface area contributed by atoms with Gasteiger partial charge in [0.25, 0.3) is 5.91 Å². The minimum Gasteiger partial charge on any atom is -0.366 e. The molecule has 31 heavy (non-hydrogen) atoms. The van der Waals surface area contributed by atoms with Gasteiger partial charge in [-0.1, -0.05) is 18.2 Å². The Morgan fingerprint density at radius 3 is 2.19 bits per heavy atom. The van der Waals surface area contributed by atoms with Crippen LogP contribution in [0.1, 0.15) is 39.0 Å². The third-order valence-electron chi connectivity index (χ3n) is 5.94. The molecule has 4 rings (SSSR count). The molecule has 0 radical (unpaired) electrons. The number of benzene rings is 2. The molecule has 0 atom stereocenters. The number of halogens is 1. The topological polar surface area (TPSA) is 45.6 Å². The number of Topliss-reactive ketones (excluding diaryl/α,β-unsaturated/α-hetero) is 1. The van der Waals surface area contributed by atoms with E-state index in [0.717, 1.165) is 17.1 Å². The number of aromatic nitrogens is 1. The second-order valence-electron chi connectivity index (χ2n) is 7.96. The van der Waals surface area contributed by atoms with Crippen LogP contribution >= 0.6 is 0 Å². The summed E-state index contributed by atoms with van der Waals surface area (Å²) in [5, 5.41) is 0. The molecule has 0 saturated carbocycles. The normalized spacial score (nSPS) is 14.1. The second-order valence-corrected chi connectivity index (χ2v) is 7.96. The highest BCUT2D eigenvalue weighted by Gasteiger charge is 2.26. The minimum absolute atomic E-state index is 0.00216. The summed E-state index contributed by atoms with van der Waals surface area (Å²) in [6, 6.07) is 16.5. The lowest BCUT2D eigenvalue weighted by Crippen LogP contribution is -2.49. The molecular weight excluding hydrogens is 393 g/mol. The van der Waals surface area contributed by atoms with Crippen molar-refractivity contribution < 1.29 is 14.0 Å². The minimum atomic E-state index is -0.404. The molecule has 0 unspecified atom stereocenters. The molecule has 1 aliphatic rings. The van der Waals surface area contributed by atoms with E-state index < -0.39 is 5.82 Å². The van der Waals surface area contributed by atoms with E-state index >= 15 is 0 Å². The van der Waals surface area contributed by atoms with Crippen LogP contribution in [0.5, 0.6) is 0 Å². The number of ketones is 1. The van der Waals surface area contributed by atoms with Crippen LogP contribution in [-0.2, 0) is 0 Å². The maximum Gasteiger partial charge on any atom is 0.255 e. The van der Waals surface area contributed by atoms with Crippen molar-refractivity contribution in [3.8, 4) is 5.69 Å². The van der Waals surface area contributed by atoms with Gasteiger partial charge in [0.2, 0.25) is 0 Å². The molecule has 160 valence electrons. The van der Waals surface area contributed by atoms with Crippen LogP contribution in [0.15, 0.2) is 54.6 Å². The first kappa shape index (κ1) is 20.8. The summed E-state index contributed by atoms with van der Waals surface area (Å²) in [7, 11) is 0. The number of carbonyl (C=O) groups is 2. The number of amides is 1. The van der Waals surface area contributed by atoms with Gasteiger partial charge in [-0.3, -0.25) is 9.59 Å². The molecular formula is C25H26FN3O2. The Morgan fingerprint density at radius 2 is 1.58 bits per heavy atom. The van der Waals surface area contributed by atoms with E-state index in [0.29, 0.717) is 43.0 Å². The van der Waals surface area contributed by atoms with Crippen LogP contribution in [-0.4, -0.2) is 47.3 Å². The van der Waals surface area contributed by atoms with E-state index in [1.807, 2.05) is 60.0 Å². The number of hydrogen-bond acceptors (Lipinski definition) is 3. The SMILES string of the molecule is CC(=O)c1ccc(N2CCN(C(=O)c3cc(C)n(-c4ccccc4)c3C)CC2)c(F)c1. The Balaban J connectivity index is 1.49. The Kier molecular flexibility index (Phi) is 5.63. The van der Waals surface area contributed by atoms with Crippen molar-refractivity contribution in [2.24, 2.45) is 0 Å². The molecule has 1 aliphatic heterocycles. The number of carbonyl (C=O) groups excluding carboxylic acids is 2. The van der Waals surface area contributed by atoms with Gasteiger partial charge in [-0.05, 0) is 57.2 Å². The van der Waals surface area contributed by atoms with Crippen LogP contribution in [0, 0.1) is 19.7 Å². The van der Waals surface area contributed by atoms with Gasteiger partial charge in [-0.15, -0.1) is 0 Å². The predicted molar refractivity (Wildman–Crippen MR) is 120 cm³/mol. The van der Waals surface area contributed by atoms with Crippen LogP contribution in [0.2, 0.25) is 0 Å². The molecule has 6 heteroatoms. The number of nitrogens with zero attached hydrogens (tertiary/aromatic N) is 3. The summed E-state index contributed by atoms with van der Waals surface area (Å²) in [4.78, 5) is 28.4. The van der Waals surface area contributed by atoms with Crippen molar-refractivity contribution in [1.29, 1.82) is 0 Å². The predicted octanol–water partition coefficient (Wildman–Crippen LogP) is 4.40. The molecule has 0 N–H and O–H groups in total. The zero-order valence-corrected chi connectivity index (χ0v) is 18.1. The summed E-state index contributed by atoms with van der Waals surface area (Å²) in [6.45, 7) is 7.51. The molecule has 1 aromatic heterocycles. The van der Waals surface area contributed by atoms with E-state index in [2.05, 4.69) is 4.57 Å². The molecule has 1 amide bonds. The number of anilines is 1. The van der Waals surface area contributed by atoms with E-state index in [9.17, 15) is 14.0 Å². The highest BCUT2D eigenvalue weighted by Crippen LogP contribution is 2.25. The summed E-state index contributed by atoms with van der Waals surface area (Å²) >= 11 is 0. The summed E-state index contributed by atoms with van der Waals surface area (Å²) in [5.74, 6) is -0.560. The number of piperazine rings is 1. The van der Waals surface area contributed by atoms with Crippen molar-refractivity contribution >= 4 is 17.4 Å². The van der Waals surface area contributed by atoms with E-state index in [4.69, 9.17) is 0 Å². The van der Waals surface area contributed by atoms with Crippen LogP contribution in [0.3, 0.4) is 0 Å². The van der Waals surface area contributed by atoms with Gasteiger partial charge < -0.3 is 14.4 Å². The first-order chi connectivity index (χ1) is 14.9. The van der Waals surface area contributed by atoms with Crippen LogP contribution in [0.25, 0.3) is 5.69 Å². The lowest BCUT2D eigenvalue weighted by molar-refractivity contribution is 0.0745. The highest BCUT2D eigenvalue weighted by molar-refractivity contribution is 5.96. The zero-order valence-electron chi connectivity index (χ0n) is 18.1. The molecule has 1 fully saturated rings. The number of rotatable bonds is 4. The second kappa shape index (κ2) is 8.38. The Labute approximate surface area is 181 Å². The third-order valence-corrected chi connectivity index (χ3v) is 5.94. The maximum absolute atomic E-state index is 14.5. The molecule has 1 saturated heterocycles.